The van der Waals surface area contributed by atoms with Gasteiger partial charge in [0, 0.05) is 17.3 Å². The van der Waals surface area contributed by atoms with Crippen LogP contribution in [0.2, 0.25) is 0 Å². The molecule has 0 unspecified atom stereocenters. The lowest BCUT2D eigenvalue weighted by molar-refractivity contribution is 0.590. The van der Waals surface area contributed by atoms with Crippen LogP contribution >= 0.6 is 11.3 Å². The first kappa shape index (κ1) is 33.6. The predicted octanol–water partition coefficient (Wildman–Crippen LogP) is 13.7. The molecule has 6 rings (SSSR count). The molecule has 0 aliphatic rings. The quantitative estimate of drug-likeness (QED) is 0.151. The summed E-state index contributed by atoms with van der Waals surface area (Å²) in [5.74, 6) is 1.34. The van der Waals surface area contributed by atoms with Gasteiger partial charge in [0.15, 0.2) is 0 Å². The zero-order valence-electron chi connectivity index (χ0n) is 29.9. The van der Waals surface area contributed by atoms with Crippen LogP contribution in [0.1, 0.15) is 108 Å². The summed E-state index contributed by atoms with van der Waals surface area (Å²) in [7, 11) is 0. The van der Waals surface area contributed by atoms with Crippen LogP contribution in [-0.2, 0) is 5.41 Å². The monoisotopic (exact) mass is 648 g/mol. The highest BCUT2D eigenvalue weighted by molar-refractivity contribution is 7.21. The molecule has 1 heterocycles. The van der Waals surface area contributed by atoms with E-state index in [9.17, 15) is 0 Å². The molecule has 0 amide bonds. The summed E-state index contributed by atoms with van der Waals surface area (Å²) in [6, 6.07) is 37.5. The Kier molecular flexibility index (Phi) is 9.54. The maximum Gasteiger partial charge on any atom is 0.126 e. The predicted molar refractivity (Wildman–Crippen MR) is 211 cm³/mol. The molecule has 48 heavy (non-hydrogen) atoms. The smallest absolute Gasteiger partial charge is 0.126 e. The van der Waals surface area contributed by atoms with Crippen molar-refractivity contribution in [3.8, 4) is 32.8 Å². The Morgan fingerprint density at radius 1 is 0.646 bits per heavy atom. The third-order valence-electron chi connectivity index (χ3n) is 9.25. The topological polar surface area (TPSA) is 25.2 Å². The van der Waals surface area contributed by atoms with E-state index < -0.39 is 0 Å². The summed E-state index contributed by atoms with van der Waals surface area (Å²) >= 11 is 1.73. The third-order valence-corrected chi connectivity index (χ3v) is 10.3. The number of nitrogens with zero attached hydrogens (tertiary/aromatic N) is 2. The van der Waals surface area contributed by atoms with Crippen molar-refractivity contribution in [2.75, 3.05) is 0 Å². The van der Waals surface area contributed by atoms with E-state index in [1.807, 2.05) is 6.21 Å². The summed E-state index contributed by atoms with van der Waals surface area (Å²) in [6.07, 6.45) is 1.98. The Morgan fingerprint density at radius 2 is 1.29 bits per heavy atom. The molecule has 0 aliphatic heterocycles. The second-order valence-corrected chi connectivity index (χ2v) is 16.0. The number of benzene rings is 5. The van der Waals surface area contributed by atoms with Crippen molar-refractivity contribution in [2.45, 2.75) is 85.5 Å². The molecular formula is C45H48N2S. The van der Waals surface area contributed by atoms with Crippen LogP contribution in [0, 0.1) is 0 Å². The van der Waals surface area contributed by atoms with E-state index in [2.05, 4.69) is 165 Å². The highest BCUT2D eigenvalue weighted by Gasteiger charge is 2.20. The molecular weight excluding hydrogens is 601 g/mol. The zero-order chi connectivity index (χ0) is 34.2. The number of hydrogen-bond donors (Lipinski definition) is 0. The fourth-order valence-electron chi connectivity index (χ4n) is 6.42. The van der Waals surface area contributed by atoms with Crippen LogP contribution in [-0.4, -0.2) is 11.2 Å². The van der Waals surface area contributed by atoms with Crippen molar-refractivity contribution in [3.05, 3.63) is 131 Å². The van der Waals surface area contributed by atoms with Gasteiger partial charge in [0.25, 0.3) is 0 Å². The molecule has 1 aromatic heterocycles. The van der Waals surface area contributed by atoms with Gasteiger partial charge in [-0.3, -0.25) is 4.99 Å². The van der Waals surface area contributed by atoms with Crippen molar-refractivity contribution in [3.63, 3.8) is 0 Å². The van der Waals surface area contributed by atoms with Crippen molar-refractivity contribution in [1.82, 2.24) is 4.98 Å². The van der Waals surface area contributed by atoms with Crippen molar-refractivity contribution in [2.24, 2.45) is 4.99 Å². The van der Waals surface area contributed by atoms with Crippen molar-refractivity contribution in [1.29, 1.82) is 0 Å². The molecule has 0 saturated heterocycles. The van der Waals surface area contributed by atoms with E-state index in [4.69, 9.17) is 9.98 Å². The lowest BCUT2D eigenvalue weighted by Gasteiger charge is -2.23. The number of rotatable bonds is 8. The zero-order valence-corrected chi connectivity index (χ0v) is 30.7. The van der Waals surface area contributed by atoms with E-state index in [1.165, 1.54) is 43.6 Å². The summed E-state index contributed by atoms with van der Waals surface area (Å²) in [6.45, 7) is 20.6. The first-order chi connectivity index (χ1) is 22.9. The normalized spacial score (nSPS) is 12.3. The molecule has 0 bridgehead atoms. The molecule has 0 radical (unpaired) electrons. The second kappa shape index (κ2) is 13.6. The number of aliphatic imine (C=N–C) groups is 1. The number of thiazole rings is 1. The molecule has 5 aromatic carbocycles. The lowest BCUT2D eigenvalue weighted by Crippen LogP contribution is -2.11. The molecule has 6 aromatic rings. The Morgan fingerprint density at radius 3 is 1.98 bits per heavy atom. The Labute approximate surface area is 291 Å². The maximum absolute atomic E-state index is 5.29. The summed E-state index contributed by atoms with van der Waals surface area (Å²) in [4.78, 5) is 10.3. The summed E-state index contributed by atoms with van der Waals surface area (Å²) < 4.78 is 1.18. The van der Waals surface area contributed by atoms with Gasteiger partial charge < -0.3 is 0 Å². The van der Waals surface area contributed by atoms with Gasteiger partial charge in [-0.2, -0.15) is 0 Å². The van der Waals surface area contributed by atoms with Gasteiger partial charge in [-0.25, -0.2) is 4.98 Å². The molecule has 0 aliphatic carbocycles. The minimum absolute atomic E-state index is 0.0891. The fourth-order valence-corrected chi connectivity index (χ4v) is 7.45. The average molecular weight is 649 g/mol. The molecule has 0 saturated carbocycles. The number of para-hydroxylation sites is 2. The second-order valence-electron chi connectivity index (χ2n) is 14.9. The SMILES string of the molecule is CC(C)c1cc(C(C)C)c(-c2cccc(-c3cccc4sc(-c5ccccc5N=Cc5cccc(C(C)(C)C)c5)nc34)c2)c(C(C)C)c1. The Bertz CT molecular complexity index is 2070. The van der Waals surface area contributed by atoms with Crippen LogP contribution in [0.25, 0.3) is 43.0 Å². The van der Waals surface area contributed by atoms with Crippen LogP contribution in [0.4, 0.5) is 5.69 Å². The van der Waals surface area contributed by atoms with Crippen LogP contribution < -0.4 is 0 Å². The lowest BCUT2D eigenvalue weighted by atomic mass is 9.81. The highest BCUT2D eigenvalue weighted by atomic mass is 32.1. The molecule has 2 nitrogen and oxygen atoms in total. The number of aromatic nitrogens is 1. The molecule has 244 valence electrons. The minimum atomic E-state index is 0.0891. The van der Waals surface area contributed by atoms with Gasteiger partial charge in [-0.05, 0) is 98.0 Å². The fraction of sp³-hybridized carbons (Fsp3) is 0.289. The van der Waals surface area contributed by atoms with E-state index in [1.54, 1.807) is 11.3 Å². The molecule has 0 spiro atoms. The van der Waals surface area contributed by atoms with Crippen molar-refractivity contribution >= 4 is 33.5 Å². The third kappa shape index (κ3) is 6.93. The molecule has 3 heteroatoms. The maximum atomic E-state index is 5.29. The van der Waals surface area contributed by atoms with Gasteiger partial charge in [0.2, 0.25) is 0 Å². The summed E-state index contributed by atoms with van der Waals surface area (Å²) in [5.41, 5.74) is 14.8. The van der Waals surface area contributed by atoms with Gasteiger partial charge in [0.1, 0.15) is 5.01 Å². The Balaban J connectivity index is 1.42. The van der Waals surface area contributed by atoms with Crippen LogP contribution in [0.3, 0.4) is 0 Å². The van der Waals surface area contributed by atoms with E-state index >= 15 is 0 Å². The first-order valence-electron chi connectivity index (χ1n) is 17.3. The minimum Gasteiger partial charge on any atom is -0.256 e. The van der Waals surface area contributed by atoms with Gasteiger partial charge in [0.05, 0.1) is 15.9 Å². The summed E-state index contributed by atoms with van der Waals surface area (Å²) in [5, 5.41) is 0.984. The molecule has 0 N–H and O–H groups in total. The van der Waals surface area contributed by atoms with E-state index in [0.29, 0.717) is 17.8 Å². The average Bonchev–Trinajstić information content (AvgIpc) is 3.51. The van der Waals surface area contributed by atoms with Crippen molar-refractivity contribution < 1.29 is 0 Å². The van der Waals surface area contributed by atoms with Crippen LogP contribution in [0.15, 0.2) is 108 Å². The molecule has 0 atom stereocenters. The van der Waals surface area contributed by atoms with Crippen LogP contribution in [0.5, 0.6) is 0 Å². The van der Waals surface area contributed by atoms with E-state index in [-0.39, 0.29) is 5.41 Å². The number of fused-ring (bicyclic) bond motifs is 1. The molecule has 0 fully saturated rings. The highest BCUT2D eigenvalue weighted by Crippen LogP contribution is 2.42. The van der Waals surface area contributed by atoms with Gasteiger partial charge in [-0.15, -0.1) is 11.3 Å². The van der Waals surface area contributed by atoms with Gasteiger partial charge >= 0.3 is 0 Å². The standard InChI is InChI=1S/C45H48N2S/c1-28(2)34-25-38(29(3)4)42(39(26-34)30(5)6)33-17-13-16-32(24-33)36-20-14-22-41-43(36)47-44(48-41)37-19-10-11-21-40(37)46-27-31-15-12-18-35(23-31)45(7,8)9/h10-30H,1-9H3. The Hall–Kier alpha value is -4.34. The van der Waals surface area contributed by atoms with Gasteiger partial charge in [-0.1, -0.05) is 135 Å². The first-order valence-corrected chi connectivity index (χ1v) is 18.1. The largest absolute Gasteiger partial charge is 0.256 e. The van der Waals surface area contributed by atoms with E-state index in [0.717, 1.165) is 32.9 Å². The number of hydrogen-bond acceptors (Lipinski definition) is 3.